The van der Waals surface area contributed by atoms with Crippen molar-refractivity contribution < 1.29 is 14.4 Å². The van der Waals surface area contributed by atoms with Gasteiger partial charge in [-0.05, 0) is 30.9 Å². The molecular weight excluding hydrogens is 480 g/mol. The van der Waals surface area contributed by atoms with E-state index in [1.54, 1.807) is 20.3 Å². The normalized spacial score (nSPS) is 17.8. The lowest BCUT2D eigenvalue weighted by atomic mass is 9.89. The monoisotopic (exact) mass is 506 g/mol. The van der Waals surface area contributed by atoms with Gasteiger partial charge in [0.2, 0.25) is 0 Å². The zero-order valence-electron chi connectivity index (χ0n) is 20.6. The zero-order chi connectivity index (χ0) is 26.3. The number of nitro groups is 1. The van der Waals surface area contributed by atoms with Crippen molar-refractivity contribution in [1.29, 1.82) is 0 Å². The molecule has 37 heavy (non-hydrogen) atoms. The van der Waals surface area contributed by atoms with E-state index in [0.29, 0.717) is 42.9 Å². The zero-order valence-corrected chi connectivity index (χ0v) is 20.6. The van der Waals surface area contributed by atoms with Crippen molar-refractivity contribution in [1.82, 2.24) is 19.5 Å². The van der Waals surface area contributed by atoms with Gasteiger partial charge in [0.25, 0.3) is 11.2 Å². The molecule has 0 saturated carbocycles. The van der Waals surface area contributed by atoms with E-state index < -0.39 is 16.2 Å². The number of hydrogen-bond donors (Lipinski definition) is 1. The predicted octanol–water partition coefficient (Wildman–Crippen LogP) is 3.04. The van der Waals surface area contributed by atoms with Gasteiger partial charge in [-0.2, -0.15) is 0 Å². The number of benzene rings is 2. The molecule has 12 heteroatoms. The molecular formula is C25H26N6O6. The third-order valence-corrected chi connectivity index (χ3v) is 7.09. The van der Waals surface area contributed by atoms with Crippen LogP contribution in [-0.2, 0) is 0 Å². The Bertz CT molecular complexity index is 1630. The van der Waals surface area contributed by atoms with E-state index in [9.17, 15) is 19.7 Å². The van der Waals surface area contributed by atoms with Crippen LogP contribution in [0, 0.1) is 16.0 Å². The molecule has 192 valence electrons. The molecule has 12 nitrogen and oxygen atoms in total. The molecule has 0 aliphatic carbocycles. The van der Waals surface area contributed by atoms with E-state index >= 15 is 0 Å². The van der Waals surface area contributed by atoms with E-state index in [1.165, 1.54) is 29.1 Å². The van der Waals surface area contributed by atoms with E-state index in [2.05, 4.69) is 19.9 Å². The number of rotatable bonds is 6. The number of anilines is 1. The van der Waals surface area contributed by atoms with E-state index in [-0.39, 0.29) is 28.6 Å². The molecule has 1 aliphatic rings. The number of non-ortho nitro benzene ring substituents is 1. The van der Waals surface area contributed by atoms with E-state index in [0.717, 1.165) is 11.2 Å². The van der Waals surface area contributed by atoms with Gasteiger partial charge in [0.1, 0.15) is 12.1 Å². The summed E-state index contributed by atoms with van der Waals surface area (Å²) in [6.45, 7) is 3.11. The number of nitro benzene ring substituents is 1. The number of aromatic nitrogens is 4. The predicted molar refractivity (Wildman–Crippen MR) is 138 cm³/mol. The van der Waals surface area contributed by atoms with Crippen molar-refractivity contribution in [3.05, 3.63) is 67.6 Å². The van der Waals surface area contributed by atoms with Gasteiger partial charge < -0.3 is 19.4 Å². The van der Waals surface area contributed by atoms with Crippen LogP contribution in [0.4, 0.5) is 11.5 Å². The van der Waals surface area contributed by atoms with Crippen LogP contribution in [0.5, 0.6) is 11.5 Å². The summed E-state index contributed by atoms with van der Waals surface area (Å²) in [5, 5.41) is 12.2. The molecule has 2 aromatic carbocycles. The summed E-state index contributed by atoms with van der Waals surface area (Å²) < 4.78 is 12.1. The smallest absolute Gasteiger partial charge is 0.329 e. The molecule has 5 rings (SSSR count). The minimum Gasteiger partial charge on any atom is -0.493 e. The minimum absolute atomic E-state index is 0.0474. The molecule has 0 amide bonds. The minimum atomic E-state index is -0.557. The Labute approximate surface area is 210 Å². The van der Waals surface area contributed by atoms with Crippen LogP contribution >= 0.6 is 0 Å². The second-order valence-corrected chi connectivity index (χ2v) is 8.98. The fourth-order valence-corrected chi connectivity index (χ4v) is 5.21. The van der Waals surface area contributed by atoms with Gasteiger partial charge >= 0.3 is 5.69 Å². The van der Waals surface area contributed by atoms with E-state index in [4.69, 9.17) is 9.47 Å². The van der Waals surface area contributed by atoms with Crippen LogP contribution in [0.25, 0.3) is 21.8 Å². The lowest BCUT2D eigenvalue weighted by molar-refractivity contribution is -0.384. The molecule has 1 N–H and O–H groups in total. The first-order valence-electron chi connectivity index (χ1n) is 11.9. The van der Waals surface area contributed by atoms with Gasteiger partial charge in [-0.3, -0.25) is 19.5 Å². The first kappa shape index (κ1) is 24.2. The standard InChI is InChI=1S/C25H26N6O6/c1-4-14-12-29(23-16-10-21(36-2)22(37-3)11-19(16)26-13-27-23)8-7-20(14)30-24(32)17-9-15(31(34)35)5-6-18(17)28-25(30)33/h5-6,9-11,13-14,20H,4,7-8,12H2,1-3H3,(H,28,33). The number of piperidine rings is 1. The molecule has 0 bridgehead atoms. The molecule has 0 radical (unpaired) electrons. The highest BCUT2D eigenvalue weighted by molar-refractivity contribution is 5.92. The highest BCUT2D eigenvalue weighted by Gasteiger charge is 2.33. The van der Waals surface area contributed by atoms with Crippen LogP contribution in [0.1, 0.15) is 25.8 Å². The van der Waals surface area contributed by atoms with Crippen LogP contribution in [0.3, 0.4) is 0 Å². The third-order valence-electron chi connectivity index (χ3n) is 7.09. The van der Waals surface area contributed by atoms with Gasteiger partial charge in [-0.25, -0.2) is 14.8 Å². The van der Waals surface area contributed by atoms with Crippen molar-refractivity contribution in [2.24, 2.45) is 5.92 Å². The second kappa shape index (κ2) is 9.52. The molecule has 1 saturated heterocycles. The van der Waals surface area contributed by atoms with Gasteiger partial charge in [0.05, 0.1) is 35.6 Å². The number of hydrogen-bond acceptors (Lipinski definition) is 9. The van der Waals surface area contributed by atoms with Crippen molar-refractivity contribution >= 4 is 33.3 Å². The summed E-state index contributed by atoms with van der Waals surface area (Å²) in [6, 6.07) is 7.16. The lowest BCUT2D eigenvalue weighted by Gasteiger charge is -2.39. The van der Waals surface area contributed by atoms with Gasteiger partial charge in [0, 0.05) is 42.7 Å². The topological polar surface area (TPSA) is 145 Å². The molecule has 2 unspecified atom stereocenters. The fraction of sp³-hybridized carbons (Fsp3) is 0.360. The number of fused-ring (bicyclic) bond motifs is 2. The highest BCUT2D eigenvalue weighted by atomic mass is 16.6. The van der Waals surface area contributed by atoms with Gasteiger partial charge in [-0.15, -0.1) is 0 Å². The third kappa shape index (κ3) is 4.13. The maximum absolute atomic E-state index is 13.4. The lowest BCUT2D eigenvalue weighted by Crippen LogP contribution is -2.48. The van der Waals surface area contributed by atoms with Crippen molar-refractivity contribution in [3.63, 3.8) is 0 Å². The van der Waals surface area contributed by atoms with Crippen LogP contribution in [-0.4, -0.2) is 51.8 Å². The molecule has 4 aromatic rings. The first-order valence-corrected chi connectivity index (χ1v) is 11.9. The Kier molecular flexibility index (Phi) is 6.24. The maximum atomic E-state index is 13.4. The summed E-state index contributed by atoms with van der Waals surface area (Å²) in [6.07, 6.45) is 2.73. The number of H-pyrrole nitrogens is 1. The second-order valence-electron chi connectivity index (χ2n) is 8.98. The molecule has 2 aromatic heterocycles. The Morgan fingerprint density at radius 1 is 1.11 bits per heavy atom. The summed E-state index contributed by atoms with van der Waals surface area (Å²) in [5.74, 6) is 1.82. The Hall–Kier alpha value is -4.48. The Morgan fingerprint density at radius 2 is 1.86 bits per heavy atom. The van der Waals surface area contributed by atoms with Crippen LogP contribution in [0.2, 0.25) is 0 Å². The van der Waals surface area contributed by atoms with Crippen molar-refractivity contribution in [2.75, 3.05) is 32.2 Å². The van der Waals surface area contributed by atoms with Gasteiger partial charge in [0.15, 0.2) is 11.5 Å². The quantitative estimate of drug-likeness (QED) is 0.308. The summed E-state index contributed by atoms with van der Waals surface area (Å²) >= 11 is 0. The van der Waals surface area contributed by atoms with Crippen LogP contribution < -0.4 is 25.6 Å². The average Bonchev–Trinajstić information content (AvgIpc) is 2.91. The maximum Gasteiger partial charge on any atom is 0.329 e. The molecule has 1 fully saturated rings. The SMILES string of the molecule is CCC1CN(c2ncnc3cc(OC)c(OC)cc23)CCC1n1c(=O)[nH]c2ccc([N+](=O)[O-])cc2c1=O. The highest BCUT2D eigenvalue weighted by Crippen LogP contribution is 2.37. The first-order chi connectivity index (χ1) is 17.9. The number of nitrogens with one attached hydrogen (secondary N) is 1. The van der Waals surface area contributed by atoms with Gasteiger partial charge in [-0.1, -0.05) is 6.92 Å². The van der Waals surface area contributed by atoms with Crippen molar-refractivity contribution in [2.45, 2.75) is 25.8 Å². The average molecular weight is 507 g/mol. The molecule has 1 aliphatic heterocycles. The Morgan fingerprint density at radius 3 is 2.57 bits per heavy atom. The van der Waals surface area contributed by atoms with E-state index in [1.807, 2.05) is 13.0 Å². The molecule has 3 heterocycles. The fourth-order valence-electron chi connectivity index (χ4n) is 5.21. The number of ether oxygens (including phenoxy) is 2. The summed E-state index contributed by atoms with van der Waals surface area (Å²) in [4.78, 5) is 50.9. The molecule has 2 atom stereocenters. The number of methoxy groups -OCH3 is 2. The number of aromatic amines is 1. The van der Waals surface area contributed by atoms with Crippen LogP contribution in [0.15, 0.2) is 46.2 Å². The Balaban J connectivity index is 1.53. The summed E-state index contributed by atoms with van der Waals surface area (Å²) in [5.41, 5.74) is -0.259. The van der Waals surface area contributed by atoms with Crippen molar-refractivity contribution in [3.8, 4) is 11.5 Å². The molecule has 0 spiro atoms. The largest absolute Gasteiger partial charge is 0.493 e. The summed E-state index contributed by atoms with van der Waals surface area (Å²) in [7, 11) is 3.14. The number of nitrogens with zero attached hydrogens (tertiary/aromatic N) is 5.